The van der Waals surface area contributed by atoms with E-state index >= 15 is 0 Å². The highest BCUT2D eigenvalue weighted by molar-refractivity contribution is 7.16. The molecule has 3 nitrogen and oxygen atoms in total. The number of para-hydroxylation sites is 2. The van der Waals surface area contributed by atoms with Gasteiger partial charge >= 0.3 is 0 Å². The molecule has 0 spiro atoms. The Hall–Kier alpha value is -2.46. The van der Waals surface area contributed by atoms with E-state index in [0.29, 0.717) is 11.4 Å². The van der Waals surface area contributed by atoms with E-state index in [1.807, 2.05) is 53.9 Å². The molecule has 0 aliphatic rings. The van der Waals surface area contributed by atoms with Crippen molar-refractivity contribution in [1.82, 2.24) is 9.97 Å². The maximum absolute atomic E-state index is 12.6. The molecule has 4 heteroatoms. The Kier molecular flexibility index (Phi) is 2.44. The van der Waals surface area contributed by atoms with E-state index in [0.717, 1.165) is 21.1 Å². The summed E-state index contributed by atoms with van der Waals surface area (Å²) in [5, 5.41) is 2.62. The summed E-state index contributed by atoms with van der Waals surface area (Å²) in [5.41, 5.74) is 2.48. The number of rotatable bonds is 1. The van der Waals surface area contributed by atoms with Crippen molar-refractivity contribution in [2.24, 2.45) is 0 Å². The topological polar surface area (TPSA) is 45.8 Å². The van der Waals surface area contributed by atoms with Crippen LogP contribution >= 0.6 is 11.3 Å². The van der Waals surface area contributed by atoms with Gasteiger partial charge in [0.15, 0.2) is 5.43 Å². The van der Waals surface area contributed by atoms with Crippen LogP contribution in [0.1, 0.15) is 0 Å². The van der Waals surface area contributed by atoms with Crippen molar-refractivity contribution in [3.63, 3.8) is 0 Å². The maximum atomic E-state index is 12.6. The Morgan fingerprint density at radius 3 is 2.70 bits per heavy atom. The molecule has 0 radical (unpaired) electrons. The summed E-state index contributed by atoms with van der Waals surface area (Å²) in [7, 11) is 0. The third kappa shape index (κ3) is 1.66. The summed E-state index contributed by atoms with van der Waals surface area (Å²) in [6, 6.07) is 15.4. The summed E-state index contributed by atoms with van der Waals surface area (Å²) in [6.45, 7) is 0. The third-order valence-corrected chi connectivity index (χ3v) is 4.29. The van der Waals surface area contributed by atoms with Crippen LogP contribution in [-0.2, 0) is 0 Å². The quantitative estimate of drug-likeness (QED) is 0.575. The lowest BCUT2D eigenvalue weighted by atomic mass is 10.2. The second kappa shape index (κ2) is 4.28. The van der Waals surface area contributed by atoms with Gasteiger partial charge in [0.2, 0.25) is 0 Å². The van der Waals surface area contributed by atoms with Gasteiger partial charge in [0.05, 0.1) is 16.6 Å². The number of benzene rings is 2. The molecular formula is C16H10N2OS. The number of aromatic amines is 1. The molecule has 2 aromatic heterocycles. The molecule has 0 amide bonds. The second-order valence-electron chi connectivity index (χ2n) is 4.58. The van der Waals surface area contributed by atoms with Gasteiger partial charge in [0.1, 0.15) is 5.82 Å². The highest BCUT2D eigenvalue weighted by Gasteiger charge is 2.11. The van der Waals surface area contributed by atoms with Gasteiger partial charge in [-0.05, 0) is 24.3 Å². The van der Waals surface area contributed by atoms with Crippen LogP contribution in [0.4, 0.5) is 0 Å². The summed E-state index contributed by atoms with van der Waals surface area (Å²) in [5.74, 6) is 0.637. The fraction of sp³-hybridized carbons (Fsp3) is 0. The van der Waals surface area contributed by atoms with Gasteiger partial charge in [-0.1, -0.05) is 24.3 Å². The van der Waals surface area contributed by atoms with E-state index in [9.17, 15) is 4.79 Å². The zero-order valence-electron chi connectivity index (χ0n) is 10.5. The van der Waals surface area contributed by atoms with Crippen LogP contribution in [0.5, 0.6) is 0 Å². The SMILES string of the molecule is O=c1c(-c2nc3ccccc3[nH]2)csc2ccccc12. The molecule has 0 saturated carbocycles. The average molecular weight is 278 g/mol. The lowest BCUT2D eigenvalue weighted by Gasteiger charge is -1.98. The second-order valence-corrected chi connectivity index (χ2v) is 5.49. The minimum absolute atomic E-state index is 0.0263. The molecule has 96 valence electrons. The van der Waals surface area contributed by atoms with Gasteiger partial charge in [-0.15, -0.1) is 11.3 Å². The molecule has 4 rings (SSSR count). The largest absolute Gasteiger partial charge is 0.338 e. The van der Waals surface area contributed by atoms with Crippen LogP contribution < -0.4 is 5.43 Å². The Morgan fingerprint density at radius 1 is 1.00 bits per heavy atom. The number of imidazole rings is 1. The number of fused-ring (bicyclic) bond motifs is 2. The smallest absolute Gasteiger partial charge is 0.198 e. The summed E-state index contributed by atoms with van der Waals surface area (Å²) >= 11 is 1.56. The third-order valence-electron chi connectivity index (χ3n) is 3.32. The molecular weight excluding hydrogens is 268 g/mol. The Balaban J connectivity index is 2.02. The molecule has 0 aliphatic heterocycles. The van der Waals surface area contributed by atoms with Crippen molar-refractivity contribution in [2.75, 3.05) is 0 Å². The number of H-pyrrole nitrogens is 1. The fourth-order valence-electron chi connectivity index (χ4n) is 2.32. The Morgan fingerprint density at radius 2 is 1.80 bits per heavy atom. The molecule has 2 heterocycles. The highest BCUT2D eigenvalue weighted by atomic mass is 32.1. The molecule has 1 N–H and O–H groups in total. The highest BCUT2D eigenvalue weighted by Crippen LogP contribution is 2.23. The van der Waals surface area contributed by atoms with Crippen LogP contribution in [0.3, 0.4) is 0 Å². The van der Waals surface area contributed by atoms with Crippen LogP contribution in [0.2, 0.25) is 0 Å². The van der Waals surface area contributed by atoms with Gasteiger partial charge in [0, 0.05) is 15.5 Å². The lowest BCUT2D eigenvalue weighted by Crippen LogP contribution is -2.04. The summed E-state index contributed by atoms with van der Waals surface area (Å²) in [6.07, 6.45) is 0. The first-order valence-corrected chi connectivity index (χ1v) is 7.16. The van der Waals surface area contributed by atoms with Crippen molar-refractivity contribution in [3.8, 4) is 11.4 Å². The number of aromatic nitrogens is 2. The first-order chi connectivity index (χ1) is 9.83. The lowest BCUT2D eigenvalue weighted by molar-refractivity contribution is 1.33. The normalized spacial score (nSPS) is 11.2. The van der Waals surface area contributed by atoms with Crippen molar-refractivity contribution in [3.05, 3.63) is 64.1 Å². The summed E-state index contributed by atoms with van der Waals surface area (Å²) in [4.78, 5) is 20.3. The first kappa shape index (κ1) is 11.4. The predicted octanol–water partition coefficient (Wildman–Crippen LogP) is 3.80. The molecule has 20 heavy (non-hydrogen) atoms. The molecule has 0 atom stereocenters. The first-order valence-electron chi connectivity index (χ1n) is 6.28. The van der Waals surface area contributed by atoms with Crippen LogP contribution in [-0.4, -0.2) is 9.97 Å². The van der Waals surface area contributed by atoms with E-state index in [-0.39, 0.29) is 5.43 Å². The molecule has 0 saturated heterocycles. The van der Waals surface area contributed by atoms with Crippen LogP contribution in [0.25, 0.3) is 32.5 Å². The van der Waals surface area contributed by atoms with Gasteiger partial charge in [-0.2, -0.15) is 0 Å². The average Bonchev–Trinajstić information content (AvgIpc) is 2.91. The van der Waals surface area contributed by atoms with Crippen LogP contribution in [0, 0.1) is 0 Å². The molecule has 0 unspecified atom stereocenters. The Bertz CT molecular complexity index is 951. The van der Waals surface area contributed by atoms with Gasteiger partial charge in [-0.3, -0.25) is 4.79 Å². The van der Waals surface area contributed by atoms with Crippen molar-refractivity contribution in [2.45, 2.75) is 0 Å². The minimum atomic E-state index is 0.0263. The van der Waals surface area contributed by atoms with Gasteiger partial charge < -0.3 is 4.98 Å². The zero-order valence-corrected chi connectivity index (χ0v) is 11.3. The Labute approximate surface area is 118 Å². The maximum Gasteiger partial charge on any atom is 0.198 e. The predicted molar refractivity (Wildman–Crippen MR) is 83.2 cm³/mol. The van der Waals surface area contributed by atoms with E-state index in [1.165, 1.54) is 0 Å². The van der Waals surface area contributed by atoms with Crippen LogP contribution in [0.15, 0.2) is 58.7 Å². The zero-order chi connectivity index (χ0) is 13.5. The molecule has 0 aliphatic carbocycles. The molecule has 0 bridgehead atoms. The van der Waals surface area contributed by atoms with Crippen molar-refractivity contribution < 1.29 is 0 Å². The number of hydrogen-bond donors (Lipinski definition) is 1. The van der Waals surface area contributed by atoms with E-state index in [4.69, 9.17) is 0 Å². The molecule has 2 aromatic carbocycles. The number of hydrogen-bond acceptors (Lipinski definition) is 3. The molecule has 0 fully saturated rings. The number of nitrogens with zero attached hydrogens (tertiary/aromatic N) is 1. The van der Waals surface area contributed by atoms with Gasteiger partial charge in [-0.25, -0.2) is 4.98 Å². The monoisotopic (exact) mass is 278 g/mol. The minimum Gasteiger partial charge on any atom is -0.338 e. The van der Waals surface area contributed by atoms with E-state index in [1.54, 1.807) is 11.3 Å². The number of nitrogens with one attached hydrogen (secondary N) is 1. The summed E-state index contributed by atoms with van der Waals surface area (Å²) < 4.78 is 0.998. The molecule has 4 aromatic rings. The van der Waals surface area contributed by atoms with E-state index in [2.05, 4.69) is 9.97 Å². The standard InChI is InChI=1S/C16H10N2OS/c19-15-10-5-1-4-8-14(10)20-9-11(15)16-17-12-6-2-3-7-13(12)18-16/h1-9H,(H,17,18). The van der Waals surface area contributed by atoms with Gasteiger partial charge in [0.25, 0.3) is 0 Å². The fourth-order valence-corrected chi connectivity index (χ4v) is 3.23. The van der Waals surface area contributed by atoms with E-state index < -0.39 is 0 Å². The van der Waals surface area contributed by atoms with Crippen molar-refractivity contribution in [1.29, 1.82) is 0 Å². The van der Waals surface area contributed by atoms with Crippen molar-refractivity contribution >= 4 is 32.5 Å².